The van der Waals surface area contributed by atoms with Crippen molar-refractivity contribution in [3.63, 3.8) is 0 Å². The number of carbonyl (C=O) groups excluding carboxylic acids is 1. The van der Waals surface area contributed by atoms with Gasteiger partial charge >= 0.3 is 0 Å². The Hall–Kier alpha value is -4.30. The van der Waals surface area contributed by atoms with E-state index in [0.717, 1.165) is 21.0 Å². The molecule has 0 saturated carbocycles. The van der Waals surface area contributed by atoms with Gasteiger partial charge in [-0.1, -0.05) is 78.4 Å². The molecular weight excluding hydrogens is 500 g/mol. The van der Waals surface area contributed by atoms with Crippen LogP contribution in [-0.4, -0.2) is 35.1 Å². The highest BCUT2D eigenvalue weighted by Gasteiger charge is 2.29. The number of anilines is 1. The summed E-state index contributed by atoms with van der Waals surface area (Å²) in [6.07, 6.45) is 0. The summed E-state index contributed by atoms with van der Waals surface area (Å²) >= 11 is 0. The molecule has 1 atom stereocenters. The Morgan fingerprint density at radius 1 is 0.789 bits per heavy atom. The Morgan fingerprint density at radius 2 is 1.37 bits per heavy atom. The molecule has 4 rings (SSSR count). The van der Waals surface area contributed by atoms with Crippen molar-refractivity contribution in [3.8, 4) is 11.5 Å². The lowest BCUT2D eigenvalue weighted by atomic mass is 9.98. The molecule has 0 aromatic heterocycles. The Kier molecular flexibility index (Phi) is 8.33. The number of hydrogen-bond donors (Lipinski definition) is 1. The lowest BCUT2D eigenvalue weighted by Crippen LogP contribution is -2.42. The van der Waals surface area contributed by atoms with E-state index in [1.165, 1.54) is 32.4 Å². The van der Waals surface area contributed by atoms with E-state index in [1.807, 2.05) is 61.5 Å². The molecule has 4 aromatic rings. The van der Waals surface area contributed by atoms with Crippen LogP contribution >= 0.6 is 0 Å². The highest BCUT2D eigenvalue weighted by atomic mass is 32.2. The van der Waals surface area contributed by atoms with Crippen LogP contribution in [0.4, 0.5) is 5.69 Å². The molecule has 7 nitrogen and oxygen atoms in total. The molecule has 0 fully saturated rings. The highest BCUT2D eigenvalue weighted by molar-refractivity contribution is 7.92. The summed E-state index contributed by atoms with van der Waals surface area (Å²) < 4.78 is 39.4. The zero-order chi connectivity index (χ0) is 27.1. The lowest BCUT2D eigenvalue weighted by molar-refractivity contribution is -0.120. The van der Waals surface area contributed by atoms with Crippen molar-refractivity contribution in [2.75, 3.05) is 25.1 Å². The number of ether oxygens (including phenoxy) is 2. The summed E-state index contributed by atoms with van der Waals surface area (Å²) in [5.41, 5.74) is 3.25. The number of methoxy groups -OCH3 is 2. The zero-order valence-electron chi connectivity index (χ0n) is 21.5. The molecule has 0 radical (unpaired) electrons. The van der Waals surface area contributed by atoms with Crippen molar-refractivity contribution in [2.24, 2.45) is 0 Å². The molecule has 1 amide bonds. The fourth-order valence-electron chi connectivity index (χ4n) is 4.11. The molecule has 0 spiro atoms. The predicted molar refractivity (Wildman–Crippen MR) is 148 cm³/mol. The van der Waals surface area contributed by atoms with Crippen LogP contribution in [0.2, 0.25) is 0 Å². The van der Waals surface area contributed by atoms with E-state index in [0.29, 0.717) is 11.4 Å². The van der Waals surface area contributed by atoms with E-state index < -0.39 is 28.5 Å². The summed E-state index contributed by atoms with van der Waals surface area (Å²) in [7, 11) is -1.23. The van der Waals surface area contributed by atoms with Crippen LogP contribution in [0.25, 0.3) is 0 Å². The average Bonchev–Trinajstić information content (AvgIpc) is 2.95. The molecule has 0 saturated heterocycles. The monoisotopic (exact) mass is 530 g/mol. The molecule has 1 N–H and O–H groups in total. The van der Waals surface area contributed by atoms with Crippen molar-refractivity contribution in [2.45, 2.75) is 17.9 Å². The maximum Gasteiger partial charge on any atom is 0.264 e. The molecule has 0 unspecified atom stereocenters. The van der Waals surface area contributed by atoms with Gasteiger partial charge in [0.25, 0.3) is 10.0 Å². The summed E-state index contributed by atoms with van der Waals surface area (Å²) in [6.45, 7) is 1.58. The summed E-state index contributed by atoms with van der Waals surface area (Å²) in [4.78, 5) is 13.5. The molecule has 0 heterocycles. The molecule has 8 heteroatoms. The third-order valence-electron chi connectivity index (χ3n) is 6.12. The van der Waals surface area contributed by atoms with Crippen molar-refractivity contribution >= 4 is 21.6 Å². The molecule has 0 aliphatic carbocycles. The van der Waals surface area contributed by atoms with Gasteiger partial charge in [0.2, 0.25) is 5.91 Å². The van der Waals surface area contributed by atoms with Gasteiger partial charge in [0.1, 0.15) is 6.54 Å². The van der Waals surface area contributed by atoms with Crippen LogP contribution in [-0.2, 0) is 14.8 Å². The smallest absolute Gasteiger partial charge is 0.264 e. The number of hydrogen-bond acceptors (Lipinski definition) is 5. The zero-order valence-corrected chi connectivity index (χ0v) is 22.3. The average molecular weight is 531 g/mol. The van der Waals surface area contributed by atoms with Crippen LogP contribution in [0.1, 0.15) is 22.7 Å². The van der Waals surface area contributed by atoms with Gasteiger partial charge in [-0.2, -0.15) is 0 Å². The van der Waals surface area contributed by atoms with Crippen LogP contribution < -0.4 is 19.1 Å². The standard InChI is InChI=1S/C30H30N2O5S/c1-22-14-16-24(17-15-22)30(23-10-6-4-7-11-23)31-29(33)21-32(25-12-8-5-9-13-25)38(34,35)26-18-19-27(36-2)28(20-26)37-3/h4-20,30H,21H2,1-3H3,(H,31,33)/t30-/m0/s1. The number of benzene rings is 4. The largest absolute Gasteiger partial charge is 0.493 e. The van der Waals surface area contributed by atoms with E-state index in [4.69, 9.17) is 9.47 Å². The fraction of sp³-hybridized carbons (Fsp3) is 0.167. The van der Waals surface area contributed by atoms with Crippen LogP contribution in [0, 0.1) is 6.92 Å². The second-order valence-electron chi connectivity index (χ2n) is 8.69. The van der Waals surface area contributed by atoms with Gasteiger partial charge in [-0.3, -0.25) is 9.10 Å². The van der Waals surface area contributed by atoms with E-state index in [1.54, 1.807) is 30.3 Å². The van der Waals surface area contributed by atoms with Gasteiger partial charge in [0.15, 0.2) is 11.5 Å². The maximum absolute atomic E-state index is 13.8. The summed E-state index contributed by atoms with van der Waals surface area (Å²) in [5, 5.41) is 3.04. The van der Waals surface area contributed by atoms with Crippen molar-refractivity contribution < 1.29 is 22.7 Å². The fourth-order valence-corrected chi connectivity index (χ4v) is 5.55. The van der Waals surface area contributed by atoms with Crippen LogP contribution in [0.5, 0.6) is 11.5 Å². The van der Waals surface area contributed by atoms with Crippen molar-refractivity contribution in [3.05, 3.63) is 120 Å². The lowest BCUT2D eigenvalue weighted by Gasteiger charge is -2.26. The number of nitrogens with zero attached hydrogens (tertiary/aromatic N) is 1. The second kappa shape index (κ2) is 11.8. The molecular formula is C30H30N2O5S. The quantitative estimate of drug-likeness (QED) is 0.308. The molecule has 38 heavy (non-hydrogen) atoms. The topological polar surface area (TPSA) is 84.9 Å². The normalized spacial score (nSPS) is 11.9. The molecule has 4 aromatic carbocycles. The highest BCUT2D eigenvalue weighted by Crippen LogP contribution is 2.32. The van der Waals surface area contributed by atoms with Gasteiger partial charge in [0, 0.05) is 6.07 Å². The first-order chi connectivity index (χ1) is 18.3. The van der Waals surface area contributed by atoms with Crippen LogP contribution in [0.15, 0.2) is 108 Å². The Morgan fingerprint density at radius 3 is 1.97 bits per heavy atom. The van der Waals surface area contributed by atoms with E-state index >= 15 is 0 Å². The third kappa shape index (κ3) is 5.98. The number of aryl methyl sites for hydroxylation is 1. The molecule has 0 bridgehead atoms. The van der Waals surface area contributed by atoms with Gasteiger partial charge in [-0.15, -0.1) is 0 Å². The van der Waals surface area contributed by atoms with Gasteiger partial charge in [-0.25, -0.2) is 8.42 Å². The molecule has 0 aliphatic rings. The van der Waals surface area contributed by atoms with Crippen LogP contribution in [0.3, 0.4) is 0 Å². The number of carbonyl (C=O) groups is 1. The minimum atomic E-state index is -4.14. The van der Waals surface area contributed by atoms with E-state index in [-0.39, 0.29) is 10.6 Å². The number of nitrogens with one attached hydrogen (secondary N) is 1. The number of rotatable bonds is 10. The summed E-state index contributed by atoms with van der Waals surface area (Å²) in [5.74, 6) is 0.223. The Balaban J connectivity index is 1.69. The van der Waals surface area contributed by atoms with Gasteiger partial charge in [0.05, 0.1) is 30.8 Å². The second-order valence-corrected chi connectivity index (χ2v) is 10.5. The van der Waals surface area contributed by atoms with Gasteiger partial charge < -0.3 is 14.8 Å². The number of sulfonamides is 1. The maximum atomic E-state index is 13.8. The third-order valence-corrected chi connectivity index (χ3v) is 7.89. The van der Waals surface area contributed by atoms with Gasteiger partial charge in [-0.05, 0) is 42.3 Å². The molecule has 196 valence electrons. The molecule has 0 aliphatic heterocycles. The van der Waals surface area contributed by atoms with Crippen molar-refractivity contribution in [1.29, 1.82) is 0 Å². The minimum Gasteiger partial charge on any atom is -0.493 e. The minimum absolute atomic E-state index is 0.0232. The van der Waals surface area contributed by atoms with Crippen molar-refractivity contribution in [1.82, 2.24) is 5.32 Å². The SMILES string of the molecule is COc1ccc(S(=O)(=O)N(CC(=O)N[C@@H](c2ccccc2)c2ccc(C)cc2)c2ccccc2)cc1OC. The first-order valence-electron chi connectivity index (χ1n) is 12.0. The number of para-hydroxylation sites is 1. The first-order valence-corrected chi connectivity index (χ1v) is 13.5. The Bertz CT molecular complexity index is 1470. The Labute approximate surface area is 223 Å². The number of amides is 1. The summed E-state index contributed by atoms with van der Waals surface area (Å²) in [6, 6.07) is 29.9. The van der Waals surface area contributed by atoms with E-state index in [2.05, 4.69) is 5.32 Å². The van der Waals surface area contributed by atoms with E-state index in [9.17, 15) is 13.2 Å². The first kappa shape index (κ1) is 26.8. The predicted octanol–water partition coefficient (Wildman–Crippen LogP) is 5.11.